The second-order valence-electron chi connectivity index (χ2n) is 5.14. The van der Waals surface area contributed by atoms with E-state index in [0.29, 0.717) is 5.56 Å². The number of likely N-dealkylation sites (tertiary alicyclic amines) is 1. The summed E-state index contributed by atoms with van der Waals surface area (Å²) in [4.78, 5) is 23.6. The van der Waals surface area contributed by atoms with Crippen LogP contribution < -0.4 is 0 Å². The Balaban J connectivity index is 1.97. The van der Waals surface area contributed by atoms with Gasteiger partial charge < -0.3 is 4.90 Å². The van der Waals surface area contributed by atoms with Crippen LogP contribution in [0.2, 0.25) is 0 Å². The number of non-ortho nitro benzene ring substituents is 1. The van der Waals surface area contributed by atoms with Gasteiger partial charge in [0.1, 0.15) is 0 Å². The van der Waals surface area contributed by atoms with Gasteiger partial charge in [-0.05, 0) is 30.5 Å². The molecule has 1 amide bonds. The van der Waals surface area contributed by atoms with E-state index in [1.165, 1.54) is 29.2 Å². The lowest BCUT2D eigenvalue weighted by Gasteiger charge is -2.29. The average Bonchev–Trinajstić information content (AvgIpc) is 2.52. The van der Waals surface area contributed by atoms with Crippen molar-refractivity contribution in [3.05, 3.63) is 46.0 Å². The van der Waals surface area contributed by atoms with E-state index in [-0.39, 0.29) is 37.5 Å². The molecule has 9 heteroatoms. The molecule has 1 aliphatic rings. The summed E-state index contributed by atoms with van der Waals surface area (Å²) >= 11 is 0. The monoisotopic (exact) mass is 339 g/mol. The molecule has 1 aromatic rings. The third-order valence-electron chi connectivity index (χ3n) is 3.60. The van der Waals surface area contributed by atoms with Crippen LogP contribution >= 0.6 is 0 Å². The van der Waals surface area contributed by atoms with Crippen molar-refractivity contribution >= 4 is 27.8 Å². The van der Waals surface area contributed by atoms with Crippen LogP contribution in [0.3, 0.4) is 0 Å². The van der Waals surface area contributed by atoms with Crippen LogP contribution in [0.1, 0.15) is 18.4 Å². The van der Waals surface area contributed by atoms with Crippen LogP contribution in [0.5, 0.6) is 0 Å². The molecule has 1 aliphatic heterocycles. The fourth-order valence-electron chi connectivity index (χ4n) is 2.33. The number of amides is 1. The van der Waals surface area contributed by atoms with Crippen molar-refractivity contribution in [2.45, 2.75) is 18.1 Å². The van der Waals surface area contributed by atoms with Crippen molar-refractivity contribution in [2.24, 2.45) is 0 Å². The first-order valence-electron chi connectivity index (χ1n) is 6.87. The summed E-state index contributed by atoms with van der Waals surface area (Å²) in [6.07, 6.45) is 3.11. The molecule has 0 spiro atoms. The molecule has 0 aliphatic carbocycles. The number of nitro groups is 1. The van der Waals surface area contributed by atoms with E-state index >= 15 is 0 Å². The number of hydrogen-bond donors (Lipinski definition) is 1. The van der Waals surface area contributed by atoms with E-state index in [1.54, 1.807) is 6.07 Å². The lowest BCUT2D eigenvalue weighted by Crippen LogP contribution is -2.41. The second kappa shape index (κ2) is 6.88. The van der Waals surface area contributed by atoms with Gasteiger partial charge in [0, 0.05) is 25.2 Å². The van der Waals surface area contributed by atoms with Crippen LogP contribution in [0.25, 0.3) is 6.08 Å². The summed E-state index contributed by atoms with van der Waals surface area (Å²) in [5, 5.41) is 9.83. The summed E-state index contributed by atoms with van der Waals surface area (Å²) in [7, 11) is -4.07. The van der Waals surface area contributed by atoms with Gasteiger partial charge in [0.2, 0.25) is 5.91 Å². The summed E-state index contributed by atoms with van der Waals surface area (Å²) in [6.45, 7) is 0.465. The zero-order chi connectivity index (χ0) is 17.0. The van der Waals surface area contributed by atoms with Crippen LogP contribution in [0.15, 0.2) is 24.3 Å². The zero-order valence-electron chi connectivity index (χ0n) is 12.1. The van der Waals surface area contributed by atoms with Crippen LogP contribution in [0.4, 0.5) is 5.69 Å². The topological polar surface area (TPSA) is 118 Å². The molecule has 2 rings (SSSR count). The molecule has 0 bridgehead atoms. The molecule has 1 aromatic carbocycles. The summed E-state index contributed by atoms with van der Waals surface area (Å²) in [5.41, 5.74) is 0.310. The Hall–Kier alpha value is -2.26. The molecule has 23 heavy (non-hydrogen) atoms. The molecule has 0 atom stereocenters. The first kappa shape index (κ1) is 17.1. The number of benzene rings is 1. The predicted octanol–water partition coefficient (Wildman–Crippen LogP) is 1.29. The van der Waals surface area contributed by atoms with E-state index in [0.717, 1.165) is 0 Å². The summed E-state index contributed by atoms with van der Waals surface area (Å²) in [6, 6.07) is 6.76. The van der Waals surface area contributed by atoms with E-state index in [1.807, 2.05) is 0 Å². The molecule has 8 nitrogen and oxygen atoms in total. The fourth-order valence-corrected chi connectivity index (χ4v) is 3.13. The van der Waals surface area contributed by atoms with Gasteiger partial charge in [-0.1, -0.05) is 6.07 Å². The van der Waals surface area contributed by atoms with Crippen molar-refractivity contribution < 1.29 is 22.7 Å². The summed E-state index contributed by atoms with van der Waals surface area (Å²) in [5.74, 6) is -0.311. The first-order chi connectivity index (χ1) is 10.8. The van der Waals surface area contributed by atoms with Gasteiger partial charge >= 0.3 is 0 Å². The Labute approximate surface area is 133 Å². The summed E-state index contributed by atoms with van der Waals surface area (Å²) < 4.78 is 31.1. The lowest BCUT2D eigenvalue weighted by atomic mass is 10.1. The van der Waals surface area contributed by atoms with Gasteiger partial charge in [-0.3, -0.25) is 19.5 Å². The van der Waals surface area contributed by atoms with Gasteiger partial charge in [-0.2, -0.15) is 8.42 Å². The van der Waals surface area contributed by atoms with E-state index < -0.39 is 20.3 Å². The van der Waals surface area contributed by atoms with E-state index in [9.17, 15) is 23.3 Å². The van der Waals surface area contributed by atoms with Crippen LogP contribution in [-0.4, -0.2) is 47.0 Å². The highest BCUT2D eigenvalue weighted by Gasteiger charge is 2.29. The standard InChI is InChI=1S/C14H15N2O6S/c17-14(15-8-6-13(7-9-15)23(20,21)22)5-4-11-2-1-3-12(10-11)16(18)19/h1-2,4-5,10,13H,6-9H2,(H,20,21,22)/b5-4+. The predicted molar refractivity (Wildman–Crippen MR) is 82.1 cm³/mol. The Bertz CT molecular complexity index is 735. The molecule has 0 aromatic heterocycles. The average molecular weight is 339 g/mol. The molecule has 1 saturated heterocycles. The second-order valence-corrected chi connectivity index (χ2v) is 6.83. The Morgan fingerprint density at radius 2 is 2.09 bits per heavy atom. The third kappa shape index (κ3) is 4.60. The number of nitro benzene ring substituents is 1. The SMILES string of the molecule is O=C(/C=C/c1cc[c]c([N+](=O)[O-])c1)N1CCC(S(=O)(=O)O)CC1. The van der Waals surface area contributed by atoms with E-state index in [2.05, 4.69) is 6.07 Å². The molecule has 1 fully saturated rings. The maximum Gasteiger partial charge on any atom is 0.278 e. The normalized spacial score (nSPS) is 16.7. The number of carbonyl (C=O) groups is 1. The molecule has 0 saturated carbocycles. The maximum absolute atomic E-state index is 12.0. The van der Waals surface area contributed by atoms with Gasteiger partial charge in [-0.25, -0.2) is 0 Å². The lowest BCUT2D eigenvalue weighted by molar-refractivity contribution is -0.385. The van der Waals surface area contributed by atoms with Crippen LogP contribution in [0, 0.1) is 16.2 Å². The molecule has 0 unspecified atom stereocenters. The number of piperidine rings is 1. The minimum absolute atomic E-state index is 0.185. The minimum Gasteiger partial charge on any atom is -0.339 e. The minimum atomic E-state index is -4.07. The fraction of sp³-hybridized carbons (Fsp3) is 0.357. The number of nitrogens with zero attached hydrogens (tertiary/aromatic N) is 2. The molecule has 1 N–H and O–H groups in total. The number of hydrogen-bond acceptors (Lipinski definition) is 5. The van der Waals surface area contributed by atoms with Crippen molar-refractivity contribution in [1.82, 2.24) is 4.90 Å². The molecule has 1 heterocycles. The van der Waals surface area contributed by atoms with Crippen molar-refractivity contribution in [3.8, 4) is 0 Å². The third-order valence-corrected chi connectivity index (χ3v) is 4.91. The highest BCUT2D eigenvalue weighted by molar-refractivity contribution is 7.86. The smallest absolute Gasteiger partial charge is 0.278 e. The van der Waals surface area contributed by atoms with Crippen molar-refractivity contribution in [3.63, 3.8) is 0 Å². The zero-order valence-corrected chi connectivity index (χ0v) is 12.9. The number of carbonyl (C=O) groups excluding carboxylic acids is 1. The maximum atomic E-state index is 12.0. The van der Waals surface area contributed by atoms with Crippen LogP contribution in [-0.2, 0) is 14.9 Å². The number of rotatable bonds is 4. The Morgan fingerprint density at radius 3 is 2.65 bits per heavy atom. The Morgan fingerprint density at radius 1 is 1.43 bits per heavy atom. The highest BCUT2D eigenvalue weighted by atomic mass is 32.2. The first-order valence-corrected chi connectivity index (χ1v) is 8.37. The van der Waals surface area contributed by atoms with Crippen molar-refractivity contribution in [2.75, 3.05) is 13.1 Å². The van der Waals surface area contributed by atoms with Crippen molar-refractivity contribution in [1.29, 1.82) is 0 Å². The van der Waals surface area contributed by atoms with Gasteiger partial charge in [0.25, 0.3) is 15.8 Å². The van der Waals surface area contributed by atoms with Gasteiger partial charge in [0.15, 0.2) is 0 Å². The molecule has 123 valence electrons. The molecule has 1 radical (unpaired) electrons. The van der Waals surface area contributed by atoms with Gasteiger partial charge in [0.05, 0.1) is 16.2 Å². The molecular formula is C14H15N2O6S. The quantitative estimate of drug-likeness (QED) is 0.382. The molecular weight excluding hydrogens is 324 g/mol. The Kier molecular flexibility index (Phi) is 5.12. The largest absolute Gasteiger partial charge is 0.339 e. The van der Waals surface area contributed by atoms with E-state index in [4.69, 9.17) is 4.55 Å². The van der Waals surface area contributed by atoms with Gasteiger partial charge in [-0.15, -0.1) is 0 Å². The highest BCUT2D eigenvalue weighted by Crippen LogP contribution is 2.18.